The summed E-state index contributed by atoms with van der Waals surface area (Å²) in [7, 11) is 0. The molecule has 0 aromatic heterocycles. The van der Waals surface area contributed by atoms with Crippen LogP contribution in [0.15, 0.2) is 28.6 Å². The molecule has 1 aliphatic heterocycles. The van der Waals surface area contributed by atoms with E-state index in [-0.39, 0.29) is 9.37 Å². The third-order valence-electron chi connectivity index (χ3n) is 1.44. The number of anilines is 1. The smallest absolute Gasteiger partial charge is 0.0645 e. The van der Waals surface area contributed by atoms with Gasteiger partial charge in [-0.2, -0.15) is 0 Å². The summed E-state index contributed by atoms with van der Waals surface area (Å²) in [5, 5.41) is 0. The lowest BCUT2D eigenvalue weighted by Crippen LogP contribution is -2.37. The Bertz CT molecular complexity index is 862. The Balaban J connectivity index is 3.17. The lowest BCUT2D eigenvalue weighted by Gasteiger charge is -2.35. The number of nitrogens with zero attached hydrogens (tertiary/aromatic N) is 1. The maximum absolute atomic E-state index is 8.49. The average Bonchev–Trinajstić information content (AvgIpc) is 2.58. The van der Waals surface area contributed by atoms with Crippen molar-refractivity contribution in [3.8, 4) is 0 Å². The average molecular weight is 270 g/mol. The lowest BCUT2D eigenvalue weighted by molar-refractivity contribution is 0.485. The molecule has 0 N–H and O–H groups in total. The molecule has 1 aromatic rings. The largest absolute Gasteiger partial charge is 0.369 e. The van der Waals surface area contributed by atoms with Crippen molar-refractivity contribution in [3.05, 3.63) is 28.6 Å². The maximum Gasteiger partial charge on any atom is 0.0645 e. The molecule has 1 nitrogen and oxygen atoms in total. The van der Waals surface area contributed by atoms with Gasteiger partial charge < -0.3 is 4.90 Å². The van der Waals surface area contributed by atoms with Crippen LogP contribution < -0.4 is 4.90 Å². The fraction of sp³-hybridized carbons (Fsp3) is 0.500. The van der Waals surface area contributed by atoms with Crippen LogP contribution in [0, 0.1) is 0 Å². The summed E-state index contributed by atoms with van der Waals surface area (Å²) in [5.74, 6) is 0. The zero-order valence-corrected chi connectivity index (χ0v) is 8.41. The van der Waals surface area contributed by atoms with E-state index in [1.54, 1.807) is 0 Å². The van der Waals surface area contributed by atoms with Crippen LogP contribution in [0.25, 0.3) is 0 Å². The standard InChI is InChI=1S/C12H16BrN/c1-10-4-2-3-9-14(10)12-7-5-11(13)6-8-12/h5-8,10H,2-4,9H2,1H3/i1D3,2D2,3D2,4D2,5D,6D,7D,8D,9D2,10D. The van der Waals surface area contributed by atoms with Gasteiger partial charge in [-0.05, 0) is 50.1 Å². The van der Waals surface area contributed by atoms with Crippen molar-refractivity contribution < 1.29 is 21.9 Å². The van der Waals surface area contributed by atoms with Crippen LogP contribution in [0.1, 0.15) is 47.9 Å². The quantitative estimate of drug-likeness (QED) is 0.749. The molecular formula is C12H16BrN. The first-order valence-corrected chi connectivity index (χ1v) is 4.40. The summed E-state index contributed by atoms with van der Waals surface area (Å²) in [6.07, 6.45) is -11.5. The van der Waals surface area contributed by atoms with Gasteiger partial charge in [0.1, 0.15) is 0 Å². The van der Waals surface area contributed by atoms with Crippen molar-refractivity contribution >= 4 is 21.6 Å². The van der Waals surface area contributed by atoms with E-state index in [1.807, 2.05) is 0 Å². The summed E-state index contributed by atoms with van der Waals surface area (Å²) >= 11 is 2.81. The number of benzene rings is 1. The van der Waals surface area contributed by atoms with Gasteiger partial charge in [0, 0.05) is 37.8 Å². The first-order valence-electron chi connectivity index (χ1n) is 11.6. The number of hydrogen-bond donors (Lipinski definition) is 0. The van der Waals surface area contributed by atoms with Crippen LogP contribution in [0.5, 0.6) is 0 Å². The molecule has 0 spiro atoms. The Morgan fingerprint density at radius 1 is 1.57 bits per heavy atom. The van der Waals surface area contributed by atoms with E-state index in [9.17, 15) is 0 Å². The van der Waals surface area contributed by atoms with Crippen molar-refractivity contribution in [2.24, 2.45) is 0 Å². The molecule has 0 bridgehead atoms. The summed E-state index contributed by atoms with van der Waals surface area (Å²) < 4.78 is 128. The minimum atomic E-state index is -3.91. The topological polar surface area (TPSA) is 3.24 Å². The normalized spacial score (nSPS) is 59.6. The van der Waals surface area contributed by atoms with Crippen LogP contribution in [0.4, 0.5) is 5.69 Å². The molecule has 0 amide bonds. The van der Waals surface area contributed by atoms with Gasteiger partial charge in [-0.3, -0.25) is 0 Å². The molecule has 1 atom stereocenters. The molecule has 1 aromatic carbocycles. The van der Waals surface area contributed by atoms with Crippen LogP contribution in [-0.4, -0.2) is 12.5 Å². The van der Waals surface area contributed by atoms with E-state index >= 15 is 0 Å². The molecule has 2 rings (SSSR count). The summed E-state index contributed by atoms with van der Waals surface area (Å²) in [6.45, 7) is -7.60. The van der Waals surface area contributed by atoms with Crippen LogP contribution in [-0.2, 0) is 0 Å². The Morgan fingerprint density at radius 3 is 3.07 bits per heavy atom. The van der Waals surface area contributed by atoms with Crippen molar-refractivity contribution in [2.45, 2.75) is 32.0 Å². The van der Waals surface area contributed by atoms with Gasteiger partial charge in [-0.15, -0.1) is 0 Å². The van der Waals surface area contributed by atoms with Crippen molar-refractivity contribution in [1.29, 1.82) is 0 Å². The molecule has 1 heterocycles. The minimum Gasteiger partial charge on any atom is -0.369 e. The molecule has 0 radical (unpaired) electrons. The van der Waals surface area contributed by atoms with E-state index in [0.717, 1.165) is 0 Å². The van der Waals surface area contributed by atoms with Gasteiger partial charge >= 0.3 is 0 Å². The number of halogens is 1. The summed E-state index contributed by atoms with van der Waals surface area (Å²) in [5.41, 5.74) is -1.17. The van der Waals surface area contributed by atoms with Gasteiger partial charge in [-0.1, -0.05) is 15.9 Å². The van der Waals surface area contributed by atoms with E-state index in [4.69, 9.17) is 21.9 Å². The van der Waals surface area contributed by atoms with Gasteiger partial charge in [0.2, 0.25) is 0 Å². The zero-order chi connectivity index (χ0) is 24.0. The molecule has 1 unspecified atom stereocenters. The highest BCUT2D eigenvalue weighted by atomic mass is 79.9. The second kappa shape index (κ2) is 4.35. The Hall–Kier alpha value is -0.500. The number of piperidine rings is 1. The maximum atomic E-state index is 8.49. The van der Waals surface area contributed by atoms with Gasteiger partial charge in [-0.25, -0.2) is 0 Å². The van der Waals surface area contributed by atoms with E-state index in [1.165, 1.54) is 0 Å². The third kappa shape index (κ3) is 2.11. The number of rotatable bonds is 1. The van der Waals surface area contributed by atoms with E-state index < -0.39 is 68.3 Å². The predicted octanol–water partition coefficient (Wildman–Crippen LogP) is 3.83. The molecule has 0 saturated carbocycles. The zero-order valence-electron chi connectivity index (χ0n) is 22.8. The Labute approximate surface area is 117 Å². The van der Waals surface area contributed by atoms with E-state index in [2.05, 4.69) is 15.9 Å². The van der Waals surface area contributed by atoms with E-state index in [0.29, 0.717) is 0 Å². The molecular weight excluding hydrogens is 238 g/mol. The molecule has 0 aliphatic carbocycles. The summed E-state index contributed by atoms with van der Waals surface area (Å²) in [6, 6.07) is -7.59. The van der Waals surface area contributed by atoms with Crippen molar-refractivity contribution in [3.63, 3.8) is 0 Å². The lowest BCUT2D eigenvalue weighted by atomic mass is 10.0. The summed E-state index contributed by atoms with van der Waals surface area (Å²) in [4.78, 5) is -0.304. The van der Waals surface area contributed by atoms with Crippen molar-refractivity contribution in [2.75, 3.05) is 11.4 Å². The second-order valence-electron chi connectivity index (χ2n) is 2.33. The highest BCUT2D eigenvalue weighted by Gasteiger charge is 2.17. The van der Waals surface area contributed by atoms with Crippen LogP contribution in [0.3, 0.4) is 0 Å². The second-order valence-corrected chi connectivity index (χ2v) is 3.13. The Morgan fingerprint density at radius 2 is 2.36 bits per heavy atom. The van der Waals surface area contributed by atoms with Gasteiger partial charge in [0.25, 0.3) is 0 Å². The molecule has 2 heteroatoms. The van der Waals surface area contributed by atoms with Crippen LogP contribution in [0.2, 0.25) is 0 Å². The molecule has 14 heavy (non-hydrogen) atoms. The minimum absolute atomic E-state index is 0.304. The fourth-order valence-corrected chi connectivity index (χ4v) is 1.05. The Kier molecular flexibility index (Phi) is 0.704. The van der Waals surface area contributed by atoms with Crippen molar-refractivity contribution in [1.82, 2.24) is 0 Å². The highest BCUT2D eigenvalue weighted by molar-refractivity contribution is 9.10. The first kappa shape index (κ1) is 2.27. The first-order chi connectivity index (χ1) is 13.0. The van der Waals surface area contributed by atoms with Crippen LogP contribution >= 0.6 is 15.9 Å². The molecule has 76 valence electrons. The molecule has 1 aliphatic rings. The highest BCUT2D eigenvalue weighted by Crippen LogP contribution is 2.25. The SMILES string of the molecule is [2H]c1c([2H])c(N2C([2H])([2H])C([2H])([2H])C([2H])([2H])C([2H])([2H])C2([2H])C([2H])([2H])[2H])c([2H])c([2H])c1Br. The predicted molar refractivity (Wildman–Crippen MR) is 64.8 cm³/mol. The van der Waals surface area contributed by atoms with Gasteiger partial charge in [0.15, 0.2) is 0 Å². The molecule has 1 saturated heterocycles. The fourth-order valence-electron chi connectivity index (χ4n) is 0.856. The molecule has 1 fully saturated rings. The van der Waals surface area contributed by atoms with Gasteiger partial charge in [0.05, 0.1) is 6.85 Å². The third-order valence-corrected chi connectivity index (χ3v) is 1.84. The number of hydrogen-bond acceptors (Lipinski definition) is 1. The monoisotopic (exact) mass is 269 g/mol.